The van der Waals surface area contributed by atoms with Gasteiger partial charge in [0.25, 0.3) is 0 Å². The summed E-state index contributed by atoms with van der Waals surface area (Å²) < 4.78 is 17.5. The van der Waals surface area contributed by atoms with Gasteiger partial charge in [0.05, 0.1) is 13.2 Å². The van der Waals surface area contributed by atoms with Gasteiger partial charge < -0.3 is 24.2 Å². The molecule has 1 spiro atoms. The van der Waals surface area contributed by atoms with Crippen LogP contribution >= 0.6 is 0 Å². The average Bonchev–Trinajstić information content (AvgIpc) is 2.93. The molecule has 148 valence electrons. The molecule has 1 fully saturated rings. The molecule has 1 unspecified atom stereocenters. The second kappa shape index (κ2) is 6.03. The Morgan fingerprint density at radius 2 is 2.11 bits per heavy atom. The van der Waals surface area contributed by atoms with Crippen LogP contribution in [0.5, 0.6) is 11.5 Å². The van der Waals surface area contributed by atoms with E-state index < -0.39 is 11.7 Å². The Morgan fingerprint density at radius 1 is 1.37 bits per heavy atom. The molecule has 0 saturated heterocycles. The van der Waals surface area contributed by atoms with E-state index in [2.05, 4.69) is 6.92 Å². The maximum Gasteiger partial charge on any atom is 0.410 e. The molecule has 6 heteroatoms. The first kappa shape index (κ1) is 18.4. The summed E-state index contributed by atoms with van der Waals surface area (Å²) in [7, 11) is 1.64. The maximum atomic E-state index is 12.7. The molecule has 0 radical (unpaired) electrons. The van der Waals surface area contributed by atoms with E-state index in [1.807, 2.05) is 32.9 Å². The van der Waals surface area contributed by atoms with E-state index in [0.29, 0.717) is 19.5 Å². The molecular formula is C21H29NO5. The van der Waals surface area contributed by atoms with E-state index in [0.717, 1.165) is 29.0 Å². The molecule has 1 aromatic carbocycles. The average molecular weight is 375 g/mol. The predicted molar refractivity (Wildman–Crippen MR) is 100 cm³/mol. The SMILES string of the molecule is COc1ccc2c3c1O[C@H]1C[C@@H](O)C(C)[C@@]31CCN(C(=O)OC(C)(C)C)C2. The van der Waals surface area contributed by atoms with Crippen molar-refractivity contribution in [2.45, 2.75) is 70.3 Å². The van der Waals surface area contributed by atoms with Gasteiger partial charge in [-0.05, 0) is 44.7 Å². The number of rotatable bonds is 1. The number of ether oxygens (including phenoxy) is 3. The molecular weight excluding hydrogens is 346 g/mol. The van der Waals surface area contributed by atoms with E-state index in [9.17, 15) is 9.90 Å². The second-order valence-electron chi connectivity index (χ2n) is 9.02. The molecule has 0 aromatic heterocycles. The van der Waals surface area contributed by atoms with Gasteiger partial charge in [-0.2, -0.15) is 0 Å². The lowest BCUT2D eigenvalue weighted by Crippen LogP contribution is -2.41. The molecule has 2 heterocycles. The third-order valence-corrected chi connectivity index (χ3v) is 6.38. The third-order valence-electron chi connectivity index (χ3n) is 6.38. The molecule has 4 atom stereocenters. The fourth-order valence-corrected chi connectivity index (χ4v) is 5.08. The minimum Gasteiger partial charge on any atom is -0.493 e. The Labute approximate surface area is 160 Å². The van der Waals surface area contributed by atoms with Crippen LogP contribution in [0.1, 0.15) is 51.7 Å². The fourth-order valence-electron chi connectivity index (χ4n) is 5.08. The summed E-state index contributed by atoms with van der Waals surface area (Å²) in [4.78, 5) is 14.5. The highest BCUT2D eigenvalue weighted by atomic mass is 16.6. The molecule has 1 saturated carbocycles. The lowest BCUT2D eigenvalue weighted by molar-refractivity contribution is 0.0212. The molecule has 3 aliphatic rings. The van der Waals surface area contributed by atoms with Crippen molar-refractivity contribution in [2.75, 3.05) is 13.7 Å². The normalized spacial score (nSPS) is 31.6. The Morgan fingerprint density at radius 3 is 2.78 bits per heavy atom. The van der Waals surface area contributed by atoms with Gasteiger partial charge in [0, 0.05) is 30.5 Å². The molecule has 6 nitrogen and oxygen atoms in total. The van der Waals surface area contributed by atoms with Crippen LogP contribution in [0, 0.1) is 5.92 Å². The highest BCUT2D eigenvalue weighted by molar-refractivity contribution is 5.69. The molecule has 2 aliphatic heterocycles. The summed E-state index contributed by atoms with van der Waals surface area (Å²) in [6, 6.07) is 3.92. The van der Waals surface area contributed by atoms with Gasteiger partial charge in [0.15, 0.2) is 11.5 Å². The fraction of sp³-hybridized carbons (Fsp3) is 0.667. The summed E-state index contributed by atoms with van der Waals surface area (Å²) in [6.45, 7) is 8.77. The number of aliphatic hydroxyl groups excluding tert-OH is 1. The second-order valence-corrected chi connectivity index (χ2v) is 9.02. The molecule has 27 heavy (non-hydrogen) atoms. The summed E-state index contributed by atoms with van der Waals surface area (Å²) in [5.41, 5.74) is 1.34. The Kier molecular flexibility index (Phi) is 4.11. The first-order valence-electron chi connectivity index (χ1n) is 9.70. The molecule has 0 bridgehead atoms. The Balaban J connectivity index is 1.78. The first-order chi connectivity index (χ1) is 12.7. The number of hydrogen-bond donors (Lipinski definition) is 1. The zero-order valence-corrected chi connectivity index (χ0v) is 16.7. The summed E-state index contributed by atoms with van der Waals surface area (Å²) in [5.74, 6) is 1.55. The number of benzene rings is 1. The van der Waals surface area contributed by atoms with Crippen molar-refractivity contribution >= 4 is 6.09 Å². The number of carbonyl (C=O) groups is 1. The molecule has 4 rings (SSSR count). The first-order valence-corrected chi connectivity index (χ1v) is 9.70. The van der Waals surface area contributed by atoms with Crippen LogP contribution in [0.2, 0.25) is 0 Å². The van der Waals surface area contributed by atoms with Crippen molar-refractivity contribution < 1.29 is 24.1 Å². The highest BCUT2D eigenvalue weighted by Crippen LogP contribution is 2.60. The lowest BCUT2D eigenvalue weighted by atomic mass is 9.69. The number of hydrogen-bond acceptors (Lipinski definition) is 5. The van der Waals surface area contributed by atoms with Crippen LogP contribution in [0.3, 0.4) is 0 Å². The summed E-state index contributed by atoms with van der Waals surface area (Å²) in [6.07, 6.45) is 0.543. The highest BCUT2D eigenvalue weighted by Gasteiger charge is 2.61. The summed E-state index contributed by atoms with van der Waals surface area (Å²) >= 11 is 0. The van der Waals surface area contributed by atoms with Crippen molar-refractivity contribution in [1.29, 1.82) is 0 Å². The monoisotopic (exact) mass is 375 g/mol. The van der Waals surface area contributed by atoms with E-state index in [1.165, 1.54) is 0 Å². The number of aliphatic hydroxyl groups is 1. The van der Waals surface area contributed by atoms with Gasteiger partial charge in [-0.25, -0.2) is 4.79 Å². The summed E-state index contributed by atoms with van der Waals surface area (Å²) in [5, 5.41) is 10.6. The topological polar surface area (TPSA) is 68.2 Å². The zero-order valence-electron chi connectivity index (χ0n) is 16.7. The third kappa shape index (κ3) is 2.68. The van der Waals surface area contributed by atoms with Gasteiger partial charge in [0.2, 0.25) is 0 Å². The standard InChI is InChI=1S/C21H29NO5/c1-12-14(23)10-16-21(12)8-9-22(19(24)27-20(2,3)4)11-13-6-7-15(25-5)18(26-16)17(13)21/h6-7,12,14,16,23H,8-11H2,1-5H3/t12?,14-,16+,21-/m1/s1. The van der Waals surface area contributed by atoms with E-state index in [1.54, 1.807) is 12.0 Å². The number of amides is 1. The quantitative estimate of drug-likeness (QED) is 0.816. The Bertz CT molecular complexity index is 771. The predicted octanol–water partition coefficient (Wildman–Crippen LogP) is 3.24. The minimum atomic E-state index is -0.533. The van der Waals surface area contributed by atoms with Crippen LogP contribution in [0.25, 0.3) is 0 Å². The molecule has 1 aromatic rings. The number of carbonyl (C=O) groups excluding carboxylic acids is 1. The minimum absolute atomic E-state index is 0.0493. The van der Waals surface area contributed by atoms with Crippen LogP contribution in [0.15, 0.2) is 12.1 Å². The zero-order chi connectivity index (χ0) is 19.6. The van der Waals surface area contributed by atoms with Crippen molar-refractivity contribution in [1.82, 2.24) is 4.90 Å². The molecule has 1 aliphatic carbocycles. The van der Waals surface area contributed by atoms with Crippen molar-refractivity contribution in [2.24, 2.45) is 5.92 Å². The van der Waals surface area contributed by atoms with Crippen molar-refractivity contribution in [3.05, 3.63) is 23.3 Å². The van der Waals surface area contributed by atoms with Crippen LogP contribution in [0.4, 0.5) is 4.79 Å². The van der Waals surface area contributed by atoms with Gasteiger partial charge in [0.1, 0.15) is 11.7 Å². The van der Waals surface area contributed by atoms with Crippen LogP contribution in [-0.4, -0.2) is 47.6 Å². The van der Waals surface area contributed by atoms with E-state index in [-0.39, 0.29) is 23.5 Å². The van der Waals surface area contributed by atoms with Gasteiger partial charge >= 0.3 is 6.09 Å². The van der Waals surface area contributed by atoms with Crippen molar-refractivity contribution in [3.63, 3.8) is 0 Å². The smallest absolute Gasteiger partial charge is 0.410 e. The number of methoxy groups -OCH3 is 1. The lowest BCUT2D eigenvalue weighted by Gasteiger charge is -2.33. The van der Waals surface area contributed by atoms with Gasteiger partial charge in [-0.15, -0.1) is 0 Å². The molecule has 1 amide bonds. The number of nitrogens with zero attached hydrogens (tertiary/aromatic N) is 1. The maximum absolute atomic E-state index is 12.7. The Hall–Kier alpha value is -1.95. The van der Waals surface area contributed by atoms with E-state index in [4.69, 9.17) is 14.2 Å². The molecule has 1 N–H and O–H groups in total. The largest absolute Gasteiger partial charge is 0.493 e. The van der Waals surface area contributed by atoms with Crippen LogP contribution in [-0.2, 0) is 16.7 Å². The van der Waals surface area contributed by atoms with Crippen molar-refractivity contribution in [3.8, 4) is 11.5 Å². The van der Waals surface area contributed by atoms with Gasteiger partial charge in [-0.1, -0.05) is 13.0 Å². The van der Waals surface area contributed by atoms with Gasteiger partial charge in [-0.3, -0.25) is 0 Å². The van der Waals surface area contributed by atoms with E-state index >= 15 is 0 Å². The van der Waals surface area contributed by atoms with Crippen LogP contribution < -0.4 is 9.47 Å².